The molecule has 0 aromatic carbocycles. The molecule has 4 saturated heterocycles. The maximum absolute atomic E-state index is 15.2. The molecule has 6 rings (SSSR count). The van der Waals surface area contributed by atoms with Crippen LogP contribution in [0.5, 0.6) is 0 Å². The van der Waals surface area contributed by atoms with Crippen molar-refractivity contribution in [1.82, 2.24) is 19.8 Å². The third-order valence-electron chi connectivity index (χ3n) is 8.18. The molecule has 7 nitrogen and oxygen atoms in total. The lowest BCUT2D eigenvalue weighted by molar-refractivity contribution is 0.0123. The Hall–Kier alpha value is -2.70. The van der Waals surface area contributed by atoms with Gasteiger partial charge in [0.1, 0.15) is 23.0 Å². The van der Waals surface area contributed by atoms with Crippen LogP contribution in [0.25, 0.3) is 10.9 Å². The summed E-state index contributed by atoms with van der Waals surface area (Å²) in [6, 6.07) is 1.83. The van der Waals surface area contributed by atoms with Gasteiger partial charge in [-0.05, 0) is 65.0 Å². The van der Waals surface area contributed by atoms with E-state index in [1.165, 1.54) is 0 Å². The summed E-state index contributed by atoms with van der Waals surface area (Å²) >= 11 is 6.03. The molecule has 0 N–H and O–H groups in total. The maximum Gasteiger partial charge on any atom is 0.410 e. The van der Waals surface area contributed by atoms with Crippen LogP contribution < -0.4 is 4.90 Å². The molecule has 2 aromatic heterocycles. The fourth-order valence-corrected chi connectivity index (χ4v) is 6.76. The number of hydrogen-bond donors (Lipinski definition) is 0. The Labute approximate surface area is 226 Å². The minimum absolute atomic E-state index is 0.0163. The first kappa shape index (κ1) is 25.6. The van der Waals surface area contributed by atoms with Gasteiger partial charge in [-0.25, -0.2) is 23.5 Å². The number of carbonyl (C=O) groups is 1. The number of aromatic nitrogens is 2. The Morgan fingerprint density at radius 2 is 1.97 bits per heavy atom. The minimum Gasteiger partial charge on any atom is -0.444 e. The molecule has 10 heteroatoms. The average Bonchev–Trinajstić information content (AvgIpc) is 3.46. The number of anilines is 1. The van der Waals surface area contributed by atoms with Gasteiger partial charge in [0, 0.05) is 37.6 Å². The lowest BCUT2D eigenvalue weighted by atomic mass is 9.94. The first-order valence-corrected chi connectivity index (χ1v) is 13.7. The number of hydrogen-bond acceptors (Lipinski definition) is 6. The molecule has 6 heterocycles. The molecular weight excluding hydrogens is 512 g/mol. The van der Waals surface area contributed by atoms with Crippen LogP contribution in [0.15, 0.2) is 12.3 Å². The first-order chi connectivity index (χ1) is 18.0. The van der Waals surface area contributed by atoms with Gasteiger partial charge in [-0.2, -0.15) is 0 Å². The van der Waals surface area contributed by atoms with E-state index in [1.54, 1.807) is 6.20 Å². The van der Waals surface area contributed by atoms with Crippen molar-refractivity contribution in [2.75, 3.05) is 31.1 Å². The zero-order chi connectivity index (χ0) is 26.8. The quantitative estimate of drug-likeness (QED) is 0.375. The highest BCUT2D eigenvalue weighted by Gasteiger charge is 2.48. The maximum atomic E-state index is 15.2. The van der Waals surface area contributed by atoms with Crippen molar-refractivity contribution in [3.63, 3.8) is 0 Å². The lowest BCUT2D eigenvalue weighted by Gasteiger charge is -2.42. The Bertz CT molecular complexity index is 1340. The minimum atomic E-state index is -0.885. The molecule has 202 valence electrons. The summed E-state index contributed by atoms with van der Waals surface area (Å²) in [4.78, 5) is 27.7. The van der Waals surface area contributed by atoms with Crippen LogP contribution in [-0.4, -0.2) is 81.4 Å². The van der Waals surface area contributed by atoms with E-state index in [0.717, 1.165) is 37.9 Å². The lowest BCUT2D eigenvalue weighted by Crippen LogP contribution is -2.56. The highest BCUT2D eigenvalue weighted by atomic mass is 35.5. The van der Waals surface area contributed by atoms with E-state index in [0.29, 0.717) is 37.1 Å². The van der Waals surface area contributed by atoms with Gasteiger partial charge in [-0.15, -0.1) is 0 Å². The Balaban J connectivity index is 1.36. The van der Waals surface area contributed by atoms with Gasteiger partial charge >= 0.3 is 6.09 Å². The van der Waals surface area contributed by atoms with Crippen LogP contribution in [0.4, 0.5) is 19.3 Å². The van der Waals surface area contributed by atoms with Crippen molar-refractivity contribution in [2.45, 2.75) is 82.3 Å². The highest BCUT2D eigenvalue weighted by molar-refractivity contribution is 6.30. The van der Waals surface area contributed by atoms with E-state index in [4.69, 9.17) is 16.3 Å². The number of piperazine rings is 1. The van der Waals surface area contributed by atoms with Crippen LogP contribution in [0.3, 0.4) is 0 Å². The molecule has 0 spiro atoms. The fourth-order valence-electron chi connectivity index (χ4n) is 6.62. The second kappa shape index (κ2) is 9.20. The number of rotatable bonds is 1. The largest absolute Gasteiger partial charge is 0.444 e. The second-order valence-electron chi connectivity index (χ2n) is 12.0. The SMILES string of the molecule is CC(C)(C)OC(=O)N1C2CCC1CN(c1cc(C#CC34CCCN3C[C@H](F)C4)nc3c(F)c(Cl)ncc13)C2. The number of alkyl halides is 1. The normalized spacial score (nSPS) is 28.9. The molecule has 1 amide bonds. The van der Waals surface area contributed by atoms with Gasteiger partial charge in [0.05, 0.1) is 23.3 Å². The van der Waals surface area contributed by atoms with Crippen molar-refractivity contribution < 1.29 is 18.3 Å². The zero-order valence-electron chi connectivity index (χ0n) is 21.9. The van der Waals surface area contributed by atoms with Crippen molar-refractivity contribution in [3.8, 4) is 11.8 Å². The standard InChI is InChI=1S/C28H32ClF2N5O2/c1-27(2,3)38-26(37)36-19-5-6-20(36)16-34(15-19)22-11-18(33-24-21(22)13-32-25(29)23(24)31)7-9-28-8-4-10-35(28)14-17(30)12-28/h11,13,17,19-20H,4-6,8,10,12,14-16H2,1-3H3/t17-,19?,20?,28?/m1/s1. The molecular formula is C28H32ClF2N5O2. The van der Waals surface area contributed by atoms with E-state index in [9.17, 15) is 9.18 Å². The van der Waals surface area contributed by atoms with Crippen molar-refractivity contribution in [3.05, 3.63) is 28.9 Å². The third kappa shape index (κ3) is 4.46. The number of amides is 1. The topological polar surface area (TPSA) is 61.8 Å². The van der Waals surface area contributed by atoms with E-state index < -0.39 is 23.1 Å². The predicted molar refractivity (Wildman–Crippen MR) is 142 cm³/mol. The summed E-state index contributed by atoms with van der Waals surface area (Å²) in [5.74, 6) is 5.80. The van der Waals surface area contributed by atoms with Gasteiger partial charge < -0.3 is 9.64 Å². The molecule has 0 radical (unpaired) electrons. The average molecular weight is 544 g/mol. The van der Waals surface area contributed by atoms with Gasteiger partial charge in [0.15, 0.2) is 11.0 Å². The van der Waals surface area contributed by atoms with Crippen LogP contribution in [0.1, 0.15) is 58.6 Å². The van der Waals surface area contributed by atoms with Crippen LogP contribution >= 0.6 is 11.6 Å². The monoisotopic (exact) mass is 543 g/mol. The van der Waals surface area contributed by atoms with Gasteiger partial charge in [-0.1, -0.05) is 17.5 Å². The van der Waals surface area contributed by atoms with E-state index >= 15 is 4.39 Å². The Morgan fingerprint density at radius 1 is 1.24 bits per heavy atom. The van der Waals surface area contributed by atoms with Crippen molar-refractivity contribution >= 4 is 34.3 Å². The predicted octanol–water partition coefficient (Wildman–Crippen LogP) is 4.94. The second-order valence-corrected chi connectivity index (χ2v) is 12.3. The van der Waals surface area contributed by atoms with E-state index in [2.05, 4.69) is 31.6 Å². The smallest absolute Gasteiger partial charge is 0.410 e. The molecule has 3 unspecified atom stereocenters. The fraction of sp³-hybridized carbons (Fsp3) is 0.607. The number of ether oxygens (including phenoxy) is 1. The molecule has 4 fully saturated rings. The molecule has 4 aliphatic rings. The third-order valence-corrected chi connectivity index (χ3v) is 8.45. The summed E-state index contributed by atoms with van der Waals surface area (Å²) in [5, 5.41) is 0.306. The molecule has 2 aromatic rings. The Kier molecular flexibility index (Phi) is 6.19. The van der Waals surface area contributed by atoms with Gasteiger partial charge in [0.25, 0.3) is 0 Å². The van der Waals surface area contributed by atoms with Crippen LogP contribution in [0.2, 0.25) is 5.15 Å². The van der Waals surface area contributed by atoms with Crippen molar-refractivity contribution in [1.29, 1.82) is 0 Å². The molecule has 0 aliphatic carbocycles. The Morgan fingerprint density at radius 3 is 2.68 bits per heavy atom. The zero-order valence-corrected chi connectivity index (χ0v) is 22.7. The molecule has 4 aliphatic heterocycles. The number of pyridine rings is 2. The van der Waals surface area contributed by atoms with E-state index in [1.807, 2.05) is 31.7 Å². The number of halogens is 3. The number of carbonyl (C=O) groups excluding carboxylic acids is 1. The summed E-state index contributed by atoms with van der Waals surface area (Å²) in [6.45, 7) is 8.00. The molecule has 4 atom stereocenters. The van der Waals surface area contributed by atoms with Gasteiger partial charge in [-0.3, -0.25) is 9.80 Å². The molecule has 2 bridgehead atoms. The summed E-state index contributed by atoms with van der Waals surface area (Å²) < 4.78 is 35.1. The van der Waals surface area contributed by atoms with Gasteiger partial charge in [0.2, 0.25) is 0 Å². The van der Waals surface area contributed by atoms with Crippen molar-refractivity contribution in [2.24, 2.45) is 0 Å². The summed E-state index contributed by atoms with van der Waals surface area (Å²) in [5.41, 5.74) is 0.242. The summed E-state index contributed by atoms with van der Waals surface area (Å²) in [7, 11) is 0. The van der Waals surface area contributed by atoms with E-state index in [-0.39, 0.29) is 28.8 Å². The highest BCUT2D eigenvalue weighted by Crippen LogP contribution is 2.40. The summed E-state index contributed by atoms with van der Waals surface area (Å²) in [6.07, 6.45) is 4.31. The first-order valence-electron chi connectivity index (χ1n) is 13.4. The molecule has 38 heavy (non-hydrogen) atoms. The number of nitrogens with zero attached hydrogens (tertiary/aromatic N) is 5. The number of fused-ring (bicyclic) bond motifs is 4. The molecule has 0 saturated carbocycles. The van der Waals surface area contributed by atoms with Crippen LogP contribution in [0, 0.1) is 17.7 Å². The van der Waals surface area contributed by atoms with Crippen LogP contribution in [-0.2, 0) is 4.74 Å².